The van der Waals surface area contributed by atoms with Gasteiger partial charge in [0, 0.05) is 46.0 Å². The first-order valence-electron chi connectivity index (χ1n) is 6.64. The number of halogens is 1. The monoisotopic (exact) mass is 393 g/mol. The molecule has 0 unspecified atom stereocenters. The lowest BCUT2D eigenvalue weighted by Crippen LogP contribution is -2.50. The minimum atomic E-state index is -0.537. The van der Waals surface area contributed by atoms with E-state index in [-0.39, 0.29) is 24.0 Å². The highest BCUT2D eigenvalue weighted by Gasteiger charge is 2.34. The Balaban J connectivity index is 0.00000200. The summed E-state index contributed by atoms with van der Waals surface area (Å²) in [5.41, 5.74) is 0.598. The lowest BCUT2D eigenvalue weighted by molar-refractivity contribution is -0.0282. The molecule has 6 nitrogen and oxygen atoms in total. The zero-order valence-corrected chi connectivity index (χ0v) is 14.7. The van der Waals surface area contributed by atoms with Crippen LogP contribution < -0.4 is 5.32 Å². The average Bonchev–Trinajstić information content (AvgIpc) is 2.73. The zero-order chi connectivity index (χ0) is 13.9. The van der Waals surface area contributed by atoms with Crippen LogP contribution in [0.5, 0.6) is 0 Å². The average molecular weight is 393 g/mol. The van der Waals surface area contributed by atoms with Crippen molar-refractivity contribution in [3.63, 3.8) is 0 Å². The van der Waals surface area contributed by atoms with Gasteiger partial charge in [0.25, 0.3) is 0 Å². The van der Waals surface area contributed by atoms with Gasteiger partial charge >= 0.3 is 0 Å². The summed E-state index contributed by atoms with van der Waals surface area (Å²) in [6.45, 7) is 1.31. The maximum absolute atomic E-state index is 10.1. The van der Waals surface area contributed by atoms with E-state index in [1.54, 1.807) is 11.7 Å². The van der Waals surface area contributed by atoms with Crippen molar-refractivity contribution in [2.75, 3.05) is 20.6 Å². The third kappa shape index (κ3) is 4.34. The van der Waals surface area contributed by atoms with Crippen molar-refractivity contribution in [2.45, 2.75) is 31.4 Å². The van der Waals surface area contributed by atoms with Gasteiger partial charge in [-0.1, -0.05) is 0 Å². The van der Waals surface area contributed by atoms with Crippen LogP contribution >= 0.6 is 24.0 Å². The molecule has 1 aromatic rings. The van der Waals surface area contributed by atoms with Crippen molar-refractivity contribution in [2.24, 2.45) is 12.0 Å². The Labute approximate surface area is 137 Å². The number of nitrogens with zero attached hydrogens (tertiary/aromatic N) is 4. The third-order valence-corrected chi connectivity index (χ3v) is 3.61. The van der Waals surface area contributed by atoms with Crippen LogP contribution in [-0.4, -0.2) is 52.0 Å². The quantitative estimate of drug-likeness (QED) is 0.455. The SMILES string of the molecule is CN=C(NCC1(O)CCC1)N(C)Cc1cnn(C)c1.I. The largest absolute Gasteiger partial charge is 0.388 e. The molecule has 0 aliphatic heterocycles. The molecule has 1 heterocycles. The van der Waals surface area contributed by atoms with Gasteiger partial charge in [0.2, 0.25) is 0 Å². The first kappa shape index (κ1) is 17.2. The van der Waals surface area contributed by atoms with Crippen LogP contribution in [0.4, 0.5) is 0 Å². The van der Waals surface area contributed by atoms with E-state index >= 15 is 0 Å². The number of guanidine groups is 1. The molecule has 1 aromatic heterocycles. The summed E-state index contributed by atoms with van der Waals surface area (Å²) in [6.07, 6.45) is 6.71. The molecular formula is C13H24IN5O. The van der Waals surface area contributed by atoms with Crippen LogP contribution in [0.3, 0.4) is 0 Å². The van der Waals surface area contributed by atoms with Gasteiger partial charge in [-0.25, -0.2) is 0 Å². The highest BCUT2D eigenvalue weighted by Crippen LogP contribution is 2.30. The Morgan fingerprint density at radius 1 is 1.60 bits per heavy atom. The molecule has 0 atom stereocenters. The van der Waals surface area contributed by atoms with E-state index < -0.39 is 5.60 Å². The minimum Gasteiger partial charge on any atom is -0.388 e. The Morgan fingerprint density at radius 3 is 2.75 bits per heavy atom. The van der Waals surface area contributed by atoms with Gasteiger partial charge in [-0.3, -0.25) is 9.67 Å². The van der Waals surface area contributed by atoms with E-state index in [2.05, 4.69) is 15.4 Å². The van der Waals surface area contributed by atoms with Crippen LogP contribution in [0.2, 0.25) is 0 Å². The second-order valence-corrected chi connectivity index (χ2v) is 5.36. The first-order valence-corrected chi connectivity index (χ1v) is 6.64. The van der Waals surface area contributed by atoms with E-state index in [4.69, 9.17) is 0 Å². The van der Waals surface area contributed by atoms with Crippen LogP contribution in [-0.2, 0) is 13.6 Å². The number of aromatic nitrogens is 2. The molecule has 0 amide bonds. The summed E-state index contributed by atoms with van der Waals surface area (Å²) in [5, 5.41) is 17.5. The van der Waals surface area contributed by atoms with Gasteiger partial charge in [0.05, 0.1) is 11.8 Å². The molecule has 0 bridgehead atoms. The van der Waals surface area contributed by atoms with Crippen molar-refractivity contribution in [3.05, 3.63) is 18.0 Å². The van der Waals surface area contributed by atoms with Gasteiger partial charge in [0.1, 0.15) is 0 Å². The summed E-state index contributed by atoms with van der Waals surface area (Å²) in [6, 6.07) is 0. The van der Waals surface area contributed by atoms with Crippen molar-refractivity contribution in [3.8, 4) is 0 Å². The van der Waals surface area contributed by atoms with E-state index in [0.29, 0.717) is 6.54 Å². The van der Waals surface area contributed by atoms with Gasteiger partial charge in [-0.15, -0.1) is 24.0 Å². The Morgan fingerprint density at radius 2 is 2.30 bits per heavy atom. The third-order valence-electron chi connectivity index (χ3n) is 3.61. The maximum Gasteiger partial charge on any atom is 0.193 e. The smallest absolute Gasteiger partial charge is 0.193 e. The van der Waals surface area contributed by atoms with E-state index in [9.17, 15) is 5.11 Å². The Kier molecular flexibility index (Phi) is 6.25. The molecule has 0 radical (unpaired) electrons. The molecular weight excluding hydrogens is 369 g/mol. The van der Waals surface area contributed by atoms with Crippen LogP contribution in [0, 0.1) is 0 Å². The van der Waals surface area contributed by atoms with Gasteiger partial charge in [0.15, 0.2) is 5.96 Å². The Hall–Kier alpha value is -0.830. The highest BCUT2D eigenvalue weighted by molar-refractivity contribution is 14.0. The number of aliphatic imine (C=N–C) groups is 1. The molecule has 0 saturated heterocycles. The van der Waals surface area contributed by atoms with Crippen LogP contribution in [0.25, 0.3) is 0 Å². The van der Waals surface area contributed by atoms with Gasteiger partial charge in [-0.05, 0) is 19.3 Å². The van der Waals surface area contributed by atoms with Gasteiger partial charge < -0.3 is 15.3 Å². The molecule has 1 saturated carbocycles. The first-order chi connectivity index (χ1) is 9.02. The fourth-order valence-electron chi connectivity index (χ4n) is 2.29. The molecule has 1 aliphatic rings. The fourth-order valence-corrected chi connectivity index (χ4v) is 2.29. The number of hydrogen-bond acceptors (Lipinski definition) is 3. The van der Waals surface area contributed by atoms with Gasteiger partial charge in [-0.2, -0.15) is 5.10 Å². The molecule has 114 valence electrons. The van der Waals surface area contributed by atoms with Crippen molar-refractivity contribution >= 4 is 29.9 Å². The molecule has 0 aromatic carbocycles. The number of nitrogens with one attached hydrogen (secondary N) is 1. The minimum absolute atomic E-state index is 0. The summed E-state index contributed by atoms with van der Waals surface area (Å²) < 4.78 is 1.79. The number of hydrogen-bond donors (Lipinski definition) is 2. The number of aliphatic hydroxyl groups is 1. The molecule has 1 fully saturated rings. The molecule has 7 heteroatoms. The number of rotatable bonds is 4. The predicted octanol–water partition coefficient (Wildman–Crippen LogP) is 0.960. The lowest BCUT2D eigenvalue weighted by atomic mass is 9.80. The molecule has 2 rings (SSSR count). The molecule has 2 N–H and O–H groups in total. The summed E-state index contributed by atoms with van der Waals surface area (Å²) >= 11 is 0. The highest BCUT2D eigenvalue weighted by atomic mass is 127. The normalized spacial score (nSPS) is 17.1. The maximum atomic E-state index is 10.1. The van der Waals surface area contributed by atoms with E-state index in [0.717, 1.165) is 37.3 Å². The Bertz CT molecular complexity index is 455. The summed E-state index contributed by atoms with van der Waals surface area (Å²) in [5.74, 6) is 0.796. The van der Waals surface area contributed by atoms with E-state index in [1.165, 1.54) is 0 Å². The topological polar surface area (TPSA) is 65.7 Å². The van der Waals surface area contributed by atoms with Crippen molar-refractivity contribution < 1.29 is 5.11 Å². The van der Waals surface area contributed by atoms with E-state index in [1.807, 2.05) is 31.4 Å². The fraction of sp³-hybridized carbons (Fsp3) is 0.692. The standard InChI is InChI=1S/C13H23N5O.HI/c1-14-12(15-10-13(19)5-4-6-13)17(2)8-11-7-16-18(3)9-11;/h7,9,19H,4-6,8,10H2,1-3H3,(H,14,15);1H. The molecule has 1 aliphatic carbocycles. The second kappa shape index (κ2) is 7.26. The molecule has 0 spiro atoms. The second-order valence-electron chi connectivity index (χ2n) is 5.36. The van der Waals surface area contributed by atoms with Crippen molar-refractivity contribution in [1.82, 2.24) is 20.0 Å². The zero-order valence-electron chi connectivity index (χ0n) is 12.3. The van der Waals surface area contributed by atoms with Crippen LogP contribution in [0.1, 0.15) is 24.8 Å². The number of aryl methyl sites for hydroxylation is 1. The van der Waals surface area contributed by atoms with Crippen LogP contribution in [0.15, 0.2) is 17.4 Å². The molecule has 20 heavy (non-hydrogen) atoms. The summed E-state index contributed by atoms with van der Waals surface area (Å²) in [7, 11) is 5.64. The predicted molar refractivity (Wildman–Crippen MR) is 90.3 cm³/mol. The van der Waals surface area contributed by atoms with Crippen molar-refractivity contribution in [1.29, 1.82) is 0 Å². The lowest BCUT2D eigenvalue weighted by Gasteiger charge is -2.37. The summed E-state index contributed by atoms with van der Waals surface area (Å²) in [4.78, 5) is 6.27.